The summed E-state index contributed by atoms with van der Waals surface area (Å²) in [4.78, 5) is 13.8. The molecule has 1 aromatic heterocycles. The van der Waals surface area contributed by atoms with Crippen LogP contribution in [-0.2, 0) is 24.2 Å². The van der Waals surface area contributed by atoms with Crippen LogP contribution in [0.15, 0.2) is 40.9 Å². The average Bonchev–Trinajstić information content (AvgIpc) is 3.16. The maximum absolute atomic E-state index is 11.6. The van der Waals surface area contributed by atoms with Gasteiger partial charge in [-0.25, -0.2) is 4.79 Å². The summed E-state index contributed by atoms with van der Waals surface area (Å²) in [5.74, 6) is 0.814. The van der Waals surface area contributed by atoms with Gasteiger partial charge in [-0.3, -0.25) is 4.90 Å². The van der Waals surface area contributed by atoms with E-state index in [1.807, 2.05) is 38.2 Å². The Bertz CT molecular complexity index is 782. The van der Waals surface area contributed by atoms with Crippen LogP contribution in [0.4, 0.5) is 4.79 Å². The minimum absolute atomic E-state index is 0.0607. The second-order valence-corrected chi connectivity index (χ2v) is 7.83. The zero-order valence-electron chi connectivity index (χ0n) is 17.7. The number of amides is 2. The first-order chi connectivity index (χ1) is 14.5. The van der Waals surface area contributed by atoms with Crippen molar-refractivity contribution in [1.29, 1.82) is 0 Å². The smallest absolute Gasteiger partial charge is 0.314 e. The van der Waals surface area contributed by atoms with E-state index >= 15 is 0 Å². The Morgan fingerprint density at radius 3 is 2.80 bits per heavy atom. The summed E-state index contributed by atoms with van der Waals surface area (Å²) in [5.41, 5.74) is 2.09. The van der Waals surface area contributed by atoms with Crippen LogP contribution >= 0.6 is 0 Å². The number of aromatic nitrogens is 1. The maximum atomic E-state index is 11.6. The average molecular weight is 417 g/mol. The highest BCUT2D eigenvalue weighted by molar-refractivity contribution is 5.73. The lowest BCUT2D eigenvalue weighted by Gasteiger charge is -2.33. The number of hydrogen-bond acceptors (Lipinski definition) is 6. The van der Waals surface area contributed by atoms with Gasteiger partial charge in [-0.2, -0.15) is 0 Å². The second-order valence-electron chi connectivity index (χ2n) is 7.83. The largest absolute Gasteiger partial charge is 0.390 e. The molecule has 3 N–H and O–H groups in total. The van der Waals surface area contributed by atoms with E-state index < -0.39 is 12.2 Å². The van der Waals surface area contributed by atoms with Crippen LogP contribution in [0.1, 0.15) is 36.8 Å². The molecule has 3 atom stereocenters. The molecule has 0 spiro atoms. The molecular weight excluding hydrogens is 384 g/mol. The van der Waals surface area contributed by atoms with Gasteiger partial charge in [0.15, 0.2) is 5.76 Å². The summed E-state index contributed by atoms with van der Waals surface area (Å²) < 4.78 is 11.5. The van der Waals surface area contributed by atoms with Gasteiger partial charge in [0, 0.05) is 32.1 Å². The summed E-state index contributed by atoms with van der Waals surface area (Å²) in [6.07, 6.45) is 0.939. The molecule has 1 fully saturated rings. The summed E-state index contributed by atoms with van der Waals surface area (Å²) in [6.45, 7) is 4.19. The van der Waals surface area contributed by atoms with Crippen molar-refractivity contribution in [3.05, 3.63) is 53.4 Å². The number of carbonyl (C=O) groups excluding carboxylic acids is 1. The van der Waals surface area contributed by atoms with Gasteiger partial charge in [-0.1, -0.05) is 35.5 Å². The highest BCUT2D eigenvalue weighted by atomic mass is 16.5. The van der Waals surface area contributed by atoms with Gasteiger partial charge in [-0.15, -0.1) is 0 Å². The van der Waals surface area contributed by atoms with Gasteiger partial charge in [0.2, 0.25) is 0 Å². The summed E-state index contributed by atoms with van der Waals surface area (Å²) in [5, 5.41) is 19.8. The number of aliphatic hydroxyl groups excluding tert-OH is 1. The van der Waals surface area contributed by atoms with Crippen LogP contribution in [0.2, 0.25) is 0 Å². The van der Waals surface area contributed by atoms with Gasteiger partial charge >= 0.3 is 6.03 Å². The number of urea groups is 1. The molecule has 0 aliphatic carbocycles. The van der Waals surface area contributed by atoms with Crippen LogP contribution in [0.3, 0.4) is 0 Å². The van der Waals surface area contributed by atoms with E-state index in [1.54, 1.807) is 0 Å². The molecule has 0 saturated carbocycles. The molecule has 164 valence electrons. The van der Waals surface area contributed by atoms with Gasteiger partial charge in [0.1, 0.15) is 6.10 Å². The fourth-order valence-corrected chi connectivity index (χ4v) is 3.68. The van der Waals surface area contributed by atoms with Crippen molar-refractivity contribution in [3.63, 3.8) is 0 Å². The Hall–Kier alpha value is -2.42. The fraction of sp³-hybridized carbons (Fsp3) is 0.545. The van der Waals surface area contributed by atoms with Gasteiger partial charge in [0.05, 0.1) is 24.4 Å². The van der Waals surface area contributed by atoms with Gasteiger partial charge in [-0.05, 0) is 32.4 Å². The van der Waals surface area contributed by atoms with Crippen LogP contribution < -0.4 is 10.6 Å². The van der Waals surface area contributed by atoms with Crippen molar-refractivity contribution < 1.29 is 19.2 Å². The minimum atomic E-state index is -0.581. The first-order valence-corrected chi connectivity index (χ1v) is 10.6. The standard InChI is InChI=1S/C22H32N4O4/c1-3-23-22(28)24-13-21-20(27)10-9-18(29-21)11-17-12-19(30-25-17)15-26(2)14-16-7-5-4-6-8-16/h4-8,12,18,20-21,27H,3,9-11,13-15H2,1-2H3,(H2,23,24,28)/t18-,20-,21+/m0/s1. The van der Waals surface area contributed by atoms with Crippen molar-refractivity contribution in [3.8, 4) is 0 Å². The third-order valence-corrected chi connectivity index (χ3v) is 5.15. The molecule has 30 heavy (non-hydrogen) atoms. The molecule has 2 amide bonds. The van der Waals surface area contributed by atoms with Crippen molar-refractivity contribution in [2.45, 2.75) is 57.6 Å². The summed E-state index contributed by atoms with van der Waals surface area (Å²) in [7, 11) is 2.05. The number of carbonyl (C=O) groups is 1. The number of nitrogens with one attached hydrogen (secondary N) is 2. The topological polar surface area (TPSA) is 99.9 Å². The molecule has 0 bridgehead atoms. The molecule has 1 saturated heterocycles. The number of nitrogens with zero attached hydrogens (tertiary/aromatic N) is 2. The van der Waals surface area contributed by atoms with Crippen molar-refractivity contribution in [2.24, 2.45) is 0 Å². The molecule has 0 radical (unpaired) electrons. The summed E-state index contributed by atoms with van der Waals surface area (Å²) >= 11 is 0. The zero-order chi connectivity index (χ0) is 21.3. The number of rotatable bonds is 9. The lowest BCUT2D eigenvalue weighted by atomic mass is 9.98. The third-order valence-electron chi connectivity index (χ3n) is 5.15. The van der Waals surface area contributed by atoms with E-state index in [2.05, 4.69) is 32.8 Å². The minimum Gasteiger partial charge on any atom is -0.390 e. The Labute approximate surface area is 177 Å². The molecular formula is C22H32N4O4. The van der Waals surface area contributed by atoms with E-state index in [0.717, 1.165) is 24.4 Å². The molecule has 2 aromatic rings. The number of ether oxygens (including phenoxy) is 1. The number of benzene rings is 1. The zero-order valence-corrected chi connectivity index (χ0v) is 17.7. The van der Waals surface area contributed by atoms with Crippen molar-refractivity contribution in [2.75, 3.05) is 20.1 Å². The van der Waals surface area contributed by atoms with Crippen molar-refractivity contribution in [1.82, 2.24) is 20.7 Å². The molecule has 8 nitrogen and oxygen atoms in total. The molecule has 1 aromatic carbocycles. The predicted octanol–water partition coefficient (Wildman–Crippen LogP) is 2.08. The van der Waals surface area contributed by atoms with E-state index in [0.29, 0.717) is 25.9 Å². The highest BCUT2D eigenvalue weighted by Gasteiger charge is 2.30. The lowest BCUT2D eigenvalue weighted by molar-refractivity contribution is -0.113. The van der Waals surface area contributed by atoms with E-state index in [9.17, 15) is 9.90 Å². The molecule has 1 aliphatic heterocycles. The van der Waals surface area contributed by atoms with Crippen LogP contribution in [0, 0.1) is 0 Å². The molecule has 1 aliphatic rings. The fourth-order valence-electron chi connectivity index (χ4n) is 3.68. The van der Waals surface area contributed by atoms with Gasteiger partial charge < -0.3 is 25.0 Å². The van der Waals surface area contributed by atoms with E-state index in [4.69, 9.17) is 9.26 Å². The molecule has 2 heterocycles. The van der Waals surface area contributed by atoms with Crippen LogP contribution in [0.25, 0.3) is 0 Å². The van der Waals surface area contributed by atoms with E-state index in [1.165, 1.54) is 5.56 Å². The van der Waals surface area contributed by atoms with Gasteiger partial charge in [0.25, 0.3) is 0 Å². The molecule has 3 rings (SSSR count). The molecule has 8 heteroatoms. The maximum Gasteiger partial charge on any atom is 0.314 e. The monoisotopic (exact) mass is 416 g/mol. The van der Waals surface area contributed by atoms with Crippen LogP contribution in [-0.4, -0.2) is 59.6 Å². The first-order valence-electron chi connectivity index (χ1n) is 10.6. The SMILES string of the molecule is CCNC(=O)NC[C@H]1O[C@H](Cc2cc(CN(C)Cc3ccccc3)on2)CC[C@@H]1O. The highest BCUT2D eigenvalue weighted by Crippen LogP contribution is 2.22. The van der Waals surface area contributed by atoms with Crippen LogP contribution in [0.5, 0.6) is 0 Å². The lowest BCUT2D eigenvalue weighted by Crippen LogP contribution is -2.48. The quantitative estimate of drug-likeness (QED) is 0.579. The Kier molecular flexibility index (Phi) is 8.24. The number of aliphatic hydroxyl groups is 1. The Morgan fingerprint density at radius 2 is 2.03 bits per heavy atom. The Balaban J connectivity index is 1.47. The van der Waals surface area contributed by atoms with Crippen molar-refractivity contribution >= 4 is 6.03 Å². The normalized spacial score (nSPS) is 21.5. The Morgan fingerprint density at radius 1 is 1.23 bits per heavy atom. The third kappa shape index (κ3) is 6.83. The second kappa shape index (κ2) is 11.1. The summed E-state index contributed by atoms with van der Waals surface area (Å²) in [6, 6.07) is 12.0. The number of hydrogen-bond donors (Lipinski definition) is 3. The molecule has 0 unspecified atom stereocenters. The predicted molar refractivity (Wildman–Crippen MR) is 113 cm³/mol. The first kappa shape index (κ1) is 22.3. The van der Waals surface area contributed by atoms with E-state index in [-0.39, 0.29) is 18.7 Å².